The van der Waals surface area contributed by atoms with Crippen molar-refractivity contribution in [2.45, 2.75) is 44.6 Å². The minimum Gasteiger partial charge on any atom is -0.382 e. The molecule has 1 saturated heterocycles. The number of rotatable bonds is 9. The van der Waals surface area contributed by atoms with Crippen molar-refractivity contribution in [2.75, 3.05) is 33.5 Å². The van der Waals surface area contributed by atoms with Crippen LogP contribution in [-0.2, 0) is 22.3 Å². The summed E-state index contributed by atoms with van der Waals surface area (Å²) in [4.78, 5) is 4.40. The van der Waals surface area contributed by atoms with Crippen molar-refractivity contribution in [1.29, 1.82) is 0 Å². The van der Waals surface area contributed by atoms with Crippen molar-refractivity contribution in [3.05, 3.63) is 11.7 Å². The third-order valence-electron chi connectivity index (χ3n) is 3.53. The van der Waals surface area contributed by atoms with Gasteiger partial charge in [-0.2, -0.15) is 4.98 Å². The van der Waals surface area contributed by atoms with Crippen LogP contribution in [0.1, 0.15) is 37.4 Å². The predicted molar refractivity (Wildman–Crippen MR) is 74.7 cm³/mol. The van der Waals surface area contributed by atoms with Crippen molar-refractivity contribution in [2.24, 2.45) is 0 Å². The molecule has 1 aliphatic heterocycles. The summed E-state index contributed by atoms with van der Waals surface area (Å²) in [6, 6.07) is 0.608. The van der Waals surface area contributed by atoms with E-state index in [0.29, 0.717) is 32.3 Å². The van der Waals surface area contributed by atoms with Crippen LogP contribution in [0.5, 0.6) is 0 Å². The summed E-state index contributed by atoms with van der Waals surface area (Å²) in [5, 5.41) is 7.51. The van der Waals surface area contributed by atoms with Crippen LogP contribution in [0.25, 0.3) is 0 Å². The van der Waals surface area contributed by atoms with Gasteiger partial charge in [-0.15, -0.1) is 0 Å². The number of nitrogens with zero attached hydrogens (tertiary/aromatic N) is 2. The van der Waals surface area contributed by atoms with E-state index in [9.17, 15) is 0 Å². The first-order chi connectivity index (χ1) is 9.88. The molecule has 0 radical (unpaired) electrons. The molecule has 0 bridgehead atoms. The lowest BCUT2D eigenvalue weighted by Crippen LogP contribution is -2.34. The van der Waals surface area contributed by atoms with Crippen molar-refractivity contribution in [3.63, 3.8) is 0 Å². The molecular formula is C14H25N3O3. The Morgan fingerprint density at radius 2 is 2.20 bits per heavy atom. The normalized spacial score (nSPS) is 19.4. The number of methoxy groups -OCH3 is 1. The monoisotopic (exact) mass is 283 g/mol. The fraction of sp³-hybridized carbons (Fsp3) is 0.857. The number of piperidine rings is 1. The van der Waals surface area contributed by atoms with Gasteiger partial charge in [0.1, 0.15) is 0 Å². The standard InChI is InChI=1S/C14H25N3O3/c1-18-10-11-19-9-7-13-16-14(20-17-13)6-5-12-4-2-3-8-15-12/h12,15H,2-11H2,1H3. The Morgan fingerprint density at radius 1 is 1.25 bits per heavy atom. The van der Waals surface area contributed by atoms with Gasteiger partial charge >= 0.3 is 0 Å². The SMILES string of the molecule is COCCOCCc1noc(CCC2CCCCN2)n1. The van der Waals surface area contributed by atoms with E-state index in [1.165, 1.54) is 19.3 Å². The van der Waals surface area contributed by atoms with Crippen LogP contribution in [0, 0.1) is 0 Å². The number of hydrogen-bond acceptors (Lipinski definition) is 6. The summed E-state index contributed by atoms with van der Waals surface area (Å²) in [6.45, 7) is 2.96. The Morgan fingerprint density at radius 3 is 3.00 bits per heavy atom. The van der Waals surface area contributed by atoms with E-state index in [2.05, 4.69) is 15.5 Å². The summed E-state index contributed by atoms with van der Waals surface area (Å²) >= 11 is 0. The zero-order valence-electron chi connectivity index (χ0n) is 12.3. The lowest BCUT2D eigenvalue weighted by atomic mass is 10.0. The van der Waals surface area contributed by atoms with E-state index >= 15 is 0 Å². The minimum atomic E-state index is 0.604. The molecule has 20 heavy (non-hydrogen) atoms. The van der Waals surface area contributed by atoms with Gasteiger partial charge in [0.15, 0.2) is 5.82 Å². The quantitative estimate of drug-likeness (QED) is 0.690. The highest BCUT2D eigenvalue weighted by atomic mass is 16.5. The van der Waals surface area contributed by atoms with E-state index < -0.39 is 0 Å². The maximum Gasteiger partial charge on any atom is 0.226 e. The van der Waals surface area contributed by atoms with Crippen molar-refractivity contribution >= 4 is 0 Å². The molecule has 114 valence electrons. The molecule has 2 heterocycles. The minimum absolute atomic E-state index is 0.604. The third-order valence-corrected chi connectivity index (χ3v) is 3.53. The smallest absolute Gasteiger partial charge is 0.226 e. The van der Waals surface area contributed by atoms with Crippen LogP contribution in [0.3, 0.4) is 0 Å². The lowest BCUT2D eigenvalue weighted by Gasteiger charge is -2.22. The maximum atomic E-state index is 5.39. The maximum absolute atomic E-state index is 5.39. The first-order valence-electron chi connectivity index (χ1n) is 7.50. The largest absolute Gasteiger partial charge is 0.382 e. The number of ether oxygens (including phenoxy) is 2. The van der Waals surface area contributed by atoms with Crippen LogP contribution in [-0.4, -0.2) is 49.7 Å². The molecule has 1 aliphatic rings. The summed E-state index contributed by atoms with van der Waals surface area (Å²) in [5.41, 5.74) is 0. The highest BCUT2D eigenvalue weighted by Crippen LogP contribution is 2.12. The molecule has 6 nitrogen and oxygen atoms in total. The predicted octanol–water partition coefficient (Wildman–Crippen LogP) is 1.35. The van der Waals surface area contributed by atoms with E-state index in [0.717, 1.165) is 31.1 Å². The molecule has 0 aliphatic carbocycles. The van der Waals surface area contributed by atoms with Crippen molar-refractivity contribution in [3.8, 4) is 0 Å². The molecule has 1 aromatic rings. The fourth-order valence-electron chi connectivity index (χ4n) is 2.37. The molecule has 1 aromatic heterocycles. The van der Waals surface area contributed by atoms with E-state index in [-0.39, 0.29) is 0 Å². The van der Waals surface area contributed by atoms with Crippen LogP contribution in [0.15, 0.2) is 4.52 Å². The van der Waals surface area contributed by atoms with Crippen LogP contribution >= 0.6 is 0 Å². The second kappa shape index (κ2) is 9.05. The second-order valence-corrected chi connectivity index (χ2v) is 5.15. The van der Waals surface area contributed by atoms with E-state index in [1.807, 2.05) is 0 Å². The molecular weight excluding hydrogens is 258 g/mol. The Hall–Kier alpha value is -0.980. The number of nitrogens with one attached hydrogen (secondary N) is 1. The Balaban J connectivity index is 1.61. The molecule has 1 atom stereocenters. The molecule has 1 N–H and O–H groups in total. The van der Waals surface area contributed by atoms with Crippen LogP contribution < -0.4 is 5.32 Å². The van der Waals surface area contributed by atoms with Crippen LogP contribution in [0.2, 0.25) is 0 Å². The molecule has 0 aromatic carbocycles. The average Bonchev–Trinajstić information content (AvgIpc) is 2.94. The van der Waals surface area contributed by atoms with Gasteiger partial charge in [0.05, 0.1) is 19.8 Å². The zero-order chi connectivity index (χ0) is 14.0. The average molecular weight is 283 g/mol. The lowest BCUT2D eigenvalue weighted by molar-refractivity contribution is 0.0714. The van der Waals surface area contributed by atoms with Gasteiger partial charge in [-0.3, -0.25) is 0 Å². The fourth-order valence-corrected chi connectivity index (χ4v) is 2.37. The van der Waals surface area contributed by atoms with Gasteiger partial charge in [0, 0.05) is 26.0 Å². The van der Waals surface area contributed by atoms with E-state index in [1.54, 1.807) is 7.11 Å². The van der Waals surface area contributed by atoms with Gasteiger partial charge in [-0.25, -0.2) is 0 Å². The van der Waals surface area contributed by atoms with Gasteiger partial charge in [-0.05, 0) is 25.8 Å². The van der Waals surface area contributed by atoms with Gasteiger partial charge in [0.2, 0.25) is 5.89 Å². The first-order valence-corrected chi connectivity index (χ1v) is 7.50. The van der Waals surface area contributed by atoms with Crippen LogP contribution in [0.4, 0.5) is 0 Å². The highest BCUT2D eigenvalue weighted by Gasteiger charge is 2.14. The Bertz CT molecular complexity index is 364. The Labute approximate surface area is 120 Å². The molecule has 0 saturated carbocycles. The molecule has 1 fully saturated rings. The second-order valence-electron chi connectivity index (χ2n) is 5.15. The molecule has 6 heteroatoms. The van der Waals surface area contributed by atoms with Crippen molar-refractivity contribution < 1.29 is 14.0 Å². The molecule has 1 unspecified atom stereocenters. The summed E-state index contributed by atoms with van der Waals surface area (Å²) in [7, 11) is 1.66. The van der Waals surface area contributed by atoms with Gasteiger partial charge < -0.3 is 19.3 Å². The van der Waals surface area contributed by atoms with Crippen molar-refractivity contribution in [1.82, 2.24) is 15.5 Å². The molecule has 0 amide bonds. The number of aromatic nitrogens is 2. The topological polar surface area (TPSA) is 69.4 Å². The molecule has 0 spiro atoms. The highest BCUT2D eigenvalue weighted by molar-refractivity contribution is 4.88. The molecule has 2 rings (SSSR count). The third kappa shape index (κ3) is 5.56. The number of hydrogen-bond donors (Lipinski definition) is 1. The van der Waals surface area contributed by atoms with Gasteiger partial charge in [-0.1, -0.05) is 11.6 Å². The first kappa shape index (κ1) is 15.4. The number of aryl methyl sites for hydroxylation is 1. The summed E-state index contributed by atoms with van der Waals surface area (Å²) in [5.74, 6) is 1.47. The van der Waals surface area contributed by atoms with E-state index in [4.69, 9.17) is 14.0 Å². The Kier molecular flexibility index (Phi) is 6.97. The van der Waals surface area contributed by atoms with Gasteiger partial charge in [0.25, 0.3) is 0 Å². The summed E-state index contributed by atoms with van der Waals surface area (Å²) < 4.78 is 15.6. The zero-order valence-corrected chi connectivity index (χ0v) is 12.3. The summed E-state index contributed by atoms with van der Waals surface area (Å²) in [6.07, 6.45) is 6.50.